The normalized spacial score (nSPS) is 10.5. The van der Waals surface area contributed by atoms with Crippen molar-refractivity contribution >= 4 is 23.3 Å². The SMILES string of the molecule is CC(C)(C)ONC(=O)CCCN=C=S. The second-order valence-corrected chi connectivity index (χ2v) is 4.00. The smallest absolute Gasteiger partial charge is 0.243 e. The van der Waals surface area contributed by atoms with E-state index in [0.717, 1.165) is 0 Å². The van der Waals surface area contributed by atoms with Crippen LogP contribution in [0.2, 0.25) is 0 Å². The number of isothiocyanates is 1. The van der Waals surface area contributed by atoms with Crippen LogP contribution in [0.15, 0.2) is 4.99 Å². The van der Waals surface area contributed by atoms with Crippen LogP contribution in [0.4, 0.5) is 0 Å². The van der Waals surface area contributed by atoms with Gasteiger partial charge in [-0.3, -0.25) is 9.63 Å². The first-order valence-corrected chi connectivity index (χ1v) is 4.87. The lowest BCUT2D eigenvalue weighted by atomic mass is 10.2. The average Bonchev–Trinajstić information content (AvgIpc) is 2.08. The lowest BCUT2D eigenvalue weighted by Crippen LogP contribution is -2.33. The van der Waals surface area contributed by atoms with Gasteiger partial charge in [0.25, 0.3) is 0 Å². The van der Waals surface area contributed by atoms with Crippen LogP contribution in [0.5, 0.6) is 0 Å². The zero-order valence-corrected chi connectivity index (χ0v) is 9.61. The van der Waals surface area contributed by atoms with E-state index in [9.17, 15) is 4.79 Å². The van der Waals surface area contributed by atoms with Crippen LogP contribution in [0.3, 0.4) is 0 Å². The third kappa shape index (κ3) is 9.32. The highest BCUT2D eigenvalue weighted by Crippen LogP contribution is 2.03. The standard InChI is InChI=1S/C9H16N2O2S/c1-9(2,3)13-11-8(12)5-4-6-10-7-14/h4-6H2,1-3H3,(H,11,12). The third-order valence-corrected chi connectivity index (χ3v) is 1.34. The lowest BCUT2D eigenvalue weighted by Gasteiger charge is -2.18. The second kappa shape index (κ2) is 6.65. The van der Waals surface area contributed by atoms with Crippen molar-refractivity contribution in [2.24, 2.45) is 4.99 Å². The molecule has 0 saturated carbocycles. The van der Waals surface area contributed by atoms with E-state index in [-0.39, 0.29) is 11.5 Å². The highest BCUT2D eigenvalue weighted by Gasteiger charge is 2.12. The van der Waals surface area contributed by atoms with E-state index >= 15 is 0 Å². The Morgan fingerprint density at radius 3 is 2.71 bits per heavy atom. The molecule has 0 unspecified atom stereocenters. The number of amides is 1. The minimum absolute atomic E-state index is 0.139. The number of rotatable bonds is 5. The van der Waals surface area contributed by atoms with Crippen LogP contribution in [-0.2, 0) is 9.63 Å². The van der Waals surface area contributed by atoms with Crippen LogP contribution < -0.4 is 5.48 Å². The van der Waals surface area contributed by atoms with Crippen molar-refractivity contribution in [1.29, 1.82) is 0 Å². The van der Waals surface area contributed by atoms with Gasteiger partial charge in [-0.25, -0.2) is 10.5 Å². The second-order valence-electron chi connectivity index (χ2n) is 3.82. The molecule has 0 rings (SSSR count). The van der Waals surface area contributed by atoms with E-state index in [1.54, 1.807) is 0 Å². The van der Waals surface area contributed by atoms with E-state index < -0.39 is 0 Å². The molecule has 0 spiro atoms. The van der Waals surface area contributed by atoms with E-state index in [2.05, 4.69) is 27.9 Å². The Morgan fingerprint density at radius 1 is 1.57 bits per heavy atom. The molecule has 0 heterocycles. The molecule has 1 amide bonds. The molecule has 0 aliphatic carbocycles. The van der Waals surface area contributed by atoms with E-state index in [4.69, 9.17) is 4.84 Å². The van der Waals surface area contributed by atoms with Crippen molar-refractivity contribution in [3.05, 3.63) is 0 Å². The average molecular weight is 216 g/mol. The molecule has 80 valence electrons. The summed E-state index contributed by atoms with van der Waals surface area (Å²) >= 11 is 4.39. The number of carbonyl (C=O) groups excluding carboxylic acids is 1. The minimum atomic E-state index is -0.359. The van der Waals surface area contributed by atoms with Gasteiger partial charge in [-0.1, -0.05) is 0 Å². The summed E-state index contributed by atoms with van der Waals surface area (Å²) in [5, 5.41) is 2.24. The van der Waals surface area contributed by atoms with Crippen molar-refractivity contribution in [2.45, 2.75) is 39.2 Å². The molecule has 0 aromatic heterocycles. The van der Waals surface area contributed by atoms with Crippen molar-refractivity contribution in [1.82, 2.24) is 5.48 Å². The first-order valence-electron chi connectivity index (χ1n) is 4.46. The fourth-order valence-corrected chi connectivity index (χ4v) is 0.717. The largest absolute Gasteiger partial charge is 0.273 e. The summed E-state index contributed by atoms with van der Waals surface area (Å²) in [5.74, 6) is -0.139. The molecular weight excluding hydrogens is 200 g/mol. The first kappa shape index (κ1) is 13.2. The number of hydrogen-bond acceptors (Lipinski definition) is 4. The zero-order chi connectivity index (χ0) is 11.0. The fourth-order valence-electron chi connectivity index (χ4n) is 0.625. The van der Waals surface area contributed by atoms with Gasteiger partial charge < -0.3 is 0 Å². The summed E-state index contributed by atoms with van der Waals surface area (Å²) < 4.78 is 0. The Bertz CT molecular complexity index is 229. The summed E-state index contributed by atoms with van der Waals surface area (Å²) in [7, 11) is 0. The van der Waals surface area contributed by atoms with Crippen molar-refractivity contribution in [3.63, 3.8) is 0 Å². The molecule has 0 aromatic rings. The van der Waals surface area contributed by atoms with Crippen molar-refractivity contribution < 1.29 is 9.63 Å². The Labute approximate surface area is 89.7 Å². The summed E-state index contributed by atoms with van der Waals surface area (Å²) in [6.45, 7) is 6.13. The van der Waals surface area contributed by atoms with E-state index in [1.807, 2.05) is 20.8 Å². The van der Waals surface area contributed by atoms with Gasteiger partial charge in [-0.05, 0) is 39.4 Å². The van der Waals surface area contributed by atoms with Gasteiger partial charge in [-0.2, -0.15) is 0 Å². The van der Waals surface area contributed by atoms with Crippen LogP contribution in [0.1, 0.15) is 33.6 Å². The maximum Gasteiger partial charge on any atom is 0.243 e. The molecule has 0 aliphatic heterocycles. The number of hydroxylamine groups is 1. The first-order chi connectivity index (χ1) is 6.45. The number of hydrogen-bond donors (Lipinski definition) is 1. The molecule has 0 bridgehead atoms. The molecule has 0 atom stereocenters. The molecule has 0 aliphatic rings. The summed E-state index contributed by atoms with van der Waals surface area (Å²) in [4.78, 5) is 19.9. The van der Waals surface area contributed by atoms with Gasteiger partial charge in [0.1, 0.15) is 0 Å². The van der Waals surface area contributed by atoms with E-state index in [1.165, 1.54) is 0 Å². The van der Waals surface area contributed by atoms with Crippen LogP contribution >= 0.6 is 12.2 Å². The molecule has 0 radical (unpaired) electrons. The van der Waals surface area contributed by atoms with Gasteiger partial charge in [0.2, 0.25) is 5.91 Å². The fraction of sp³-hybridized carbons (Fsp3) is 0.778. The molecule has 5 heteroatoms. The molecular formula is C9H16N2O2S. The Balaban J connectivity index is 3.51. The maximum atomic E-state index is 11.1. The molecule has 0 fully saturated rings. The Morgan fingerprint density at radius 2 is 2.21 bits per heavy atom. The van der Waals surface area contributed by atoms with Gasteiger partial charge in [0.05, 0.1) is 10.8 Å². The minimum Gasteiger partial charge on any atom is -0.273 e. The summed E-state index contributed by atoms with van der Waals surface area (Å²) in [6, 6.07) is 0. The highest BCUT2D eigenvalue weighted by atomic mass is 32.1. The quantitative estimate of drug-likeness (QED) is 0.329. The highest BCUT2D eigenvalue weighted by molar-refractivity contribution is 7.78. The predicted octanol–water partition coefficient (Wildman–Crippen LogP) is 1.72. The van der Waals surface area contributed by atoms with Crippen molar-refractivity contribution in [3.8, 4) is 0 Å². The van der Waals surface area contributed by atoms with Crippen molar-refractivity contribution in [2.75, 3.05) is 6.54 Å². The number of thiocarbonyl (C=S) groups is 1. The zero-order valence-electron chi connectivity index (χ0n) is 8.79. The Hall–Kier alpha value is -0.770. The van der Waals surface area contributed by atoms with Crippen LogP contribution in [0.25, 0.3) is 0 Å². The van der Waals surface area contributed by atoms with Crippen LogP contribution in [0, 0.1) is 0 Å². The topological polar surface area (TPSA) is 50.7 Å². The number of nitrogens with zero attached hydrogens (tertiary/aromatic N) is 1. The molecule has 14 heavy (non-hydrogen) atoms. The summed E-state index contributed by atoms with van der Waals surface area (Å²) in [6.07, 6.45) is 1.04. The molecule has 0 aromatic carbocycles. The number of aliphatic imine (C=N–C) groups is 1. The molecule has 0 saturated heterocycles. The van der Waals surface area contributed by atoms with Crippen LogP contribution in [-0.4, -0.2) is 23.2 Å². The van der Waals surface area contributed by atoms with Gasteiger partial charge in [0, 0.05) is 13.0 Å². The third-order valence-electron chi connectivity index (χ3n) is 1.21. The Kier molecular flexibility index (Phi) is 6.28. The molecule has 1 N–H and O–H groups in total. The monoisotopic (exact) mass is 216 g/mol. The number of nitrogens with one attached hydrogen (secondary N) is 1. The maximum absolute atomic E-state index is 11.1. The van der Waals surface area contributed by atoms with Gasteiger partial charge in [0.15, 0.2) is 0 Å². The lowest BCUT2D eigenvalue weighted by molar-refractivity contribution is -0.145. The van der Waals surface area contributed by atoms with Gasteiger partial charge in [-0.15, -0.1) is 0 Å². The van der Waals surface area contributed by atoms with E-state index in [0.29, 0.717) is 19.4 Å². The van der Waals surface area contributed by atoms with Gasteiger partial charge >= 0.3 is 0 Å². The predicted molar refractivity (Wildman–Crippen MR) is 58.1 cm³/mol. The summed E-state index contributed by atoms with van der Waals surface area (Å²) in [5.41, 5.74) is 2.01. The molecule has 4 nitrogen and oxygen atoms in total. The number of carbonyl (C=O) groups is 1.